The van der Waals surface area contributed by atoms with E-state index in [0.29, 0.717) is 12.5 Å². The van der Waals surface area contributed by atoms with Crippen molar-refractivity contribution in [3.05, 3.63) is 28.3 Å². The number of hydrogen-bond donors (Lipinski definition) is 1. The van der Waals surface area contributed by atoms with Crippen LogP contribution in [0, 0.1) is 25.2 Å². The van der Waals surface area contributed by atoms with Gasteiger partial charge >= 0.3 is 0 Å². The summed E-state index contributed by atoms with van der Waals surface area (Å²) in [5.74, 6) is 2.21. The molecule has 1 nitrogen and oxygen atoms in total. The highest BCUT2D eigenvalue weighted by molar-refractivity contribution is 7.80. The summed E-state index contributed by atoms with van der Waals surface area (Å²) >= 11 is 10.4. The molecule has 0 radical (unpaired) electrons. The Balaban J connectivity index is 2.80. The van der Waals surface area contributed by atoms with E-state index in [-0.39, 0.29) is 5.41 Å². The molecule has 0 aliphatic rings. The smallest absolute Gasteiger partial charge is 0.125 e. The van der Waals surface area contributed by atoms with Crippen molar-refractivity contribution in [2.45, 2.75) is 34.6 Å². The number of aryl methyl sites for hydroxylation is 2. The zero-order chi connectivity index (χ0) is 13.9. The number of thiol groups is 1. The van der Waals surface area contributed by atoms with Crippen molar-refractivity contribution < 1.29 is 4.74 Å². The number of halogens is 1. The molecular formula is C15H23ClOS. The molecule has 0 aliphatic carbocycles. The maximum absolute atomic E-state index is 6.02. The van der Waals surface area contributed by atoms with Crippen LogP contribution >= 0.6 is 24.2 Å². The Bertz CT molecular complexity index is 386. The van der Waals surface area contributed by atoms with Crippen LogP contribution in [-0.2, 0) is 0 Å². The molecule has 102 valence electrons. The Morgan fingerprint density at radius 2 is 1.72 bits per heavy atom. The molecule has 0 fully saturated rings. The molecule has 0 aromatic heterocycles. The maximum atomic E-state index is 6.02. The molecule has 1 aromatic carbocycles. The zero-order valence-electron chi connectivity index (χ0n) is 11.9. The Morgan fingerprint density at radius 3 is 2.11 bits per heavy atom. The molecule has 0 heterocycles. The van der Waals surface area contributed by atoms with Crippen molar-refractivity contribution in [2.75, 3.05) is 12.4 Å². The molecule has 0 amide bonds. The van der Waals surface area contributed by atoms with E-state index in [1.807, 2.05) is 26.0 Å². The number of benzene rings is 1. The maximum Gasteiger partial charge on any atom is 0.125 e. The average molecular weight is 287 g/mol. The lowest BCUT2D eigenvalue weighted by Crippen LogP contribution is -2.28. The topological polar surface area (TPSA) is 9.23 Å². The highest BCUT2D eigenvalue weighted by Crippen LogP contribution is 2.31. The first kappa shape index (κ1) is 15.7. The lowest BCUT2D eigenvalue weighted by atomic mass is 9.82. The van der Waals surface area contributed by atoms with E-state index in [2.05, 4.69) is 33.4 Å². The van der Waals surface area contributed by atoms with E-state index in [1.54, 1.807) is 0 Å². The predicted octanol–water partition coefficient (Wildman–Crippen LogP) is 4.93. The monoisotopic (exact) mass is 286 g/mol. The van der Waals surface area contributed by atoms with Crippen LogP contribution in [-0.4, -0.2) is 12.4 Å². The molecule has 3 heteroatoms. The second-order valence-corrected chi connectivity index (χ2v) is 6.73. The van der Waals surface area contributed by atoms with Gasteiger partial charge in [0.15, 0.2) is 0 Å². The third kappa shape index (κ3) is 4.10. The number of ether oxygens (including phenoxy) is 1. The van der Waals surface area contributed by atoms with E-state index >= 15 is 0 Å². The fourth-order valence-electron chi connectivity index (χ4n) is 1.89. The lowest BCUT2D eigenvalue weighted by molar-refractivity contribution is 0.164. The van der Waals surface area contributed by atoms with E-state index < -0.39 is 0 Å². The van der Waals surface area contributed by atoms with Gasteiger partial charge in [0, 0.05) is 10.9 Å². The van der Waals surface area contributed by atoms with E-state index in [9.17, 15) is 0 Å². The predicted molar refractivity (Wildman–Crippen MR) is 83.2 cm³/mol. The average Bonchev–Trinajstić information content (AvgIpc) is 2.19. The molecule has 0 saturated carbocycles. The quantitative estimate of drug-likeness (QED) is 0.772. The Kier molecular flexibility index (Phi) is 5.42. The van der Waals surface area contributed by atoms with E-state index in [0.717, 1.165) is 27.7 Å². The van der Waals surface area contributed by atoms with Crippen molar-refractivity contribution in [3.63, 3.8) is 0 Å². The molecule has 0 aliphatic heterocycles. The second kappa shape index (κ2) is 6.21. The fourth-order valence-corrected chi connectivity index (χ4v) is 2.87. The normalized spacial score (nSPS) is 13.5. The van der Waals surface area contributed by atoms with Crippen LogP contribution in [0.4, 0.5) is 0 Å². The molecule has 0 saturated heterocycles. The summed E-state index contributed by atoms with van der Waals surface area (Å²) in [7, 11) is 0. The molecule has 1 atom stereocenters. The van der Waals surface area contributed by atoms with Crippen LogP contribution in [0.1, 0.15) is 31.9 Å². The van der Waals surface area contributed by atoms with Crippen molar-refractivity contribution in [2.24, 2.45) is 11.3 Å². The molecule has 1 rings (SSSR count). The van der Waals surface area contributed by atoms with Crippen LogP contribution in [0.15, 0.2) is 12.1 Å². The third-order valence-electron chi connectivity index (χ3n) is 3.30. The fraction of sp³-hybridized carbons (Fsp3) is 0.600. The first-order valence-corrected chi connectivity index (χ1v) is 7.27. The Hall–Kier alpha value is -0.340. The van der Waals surface area contributed by atoms with Gasteiger partial charge in [0.2, 0.25) is 0 Å². The number of rotatable bonds is 4. The van der Waals surface area contributed by atoms with Crippen molar-refractivity contribution >= 4 is 24.2 Å². The van der Waals surface area contributed by atoms with E-state index in [1.165, 1.54) is 0 Å². The molecule has 1 unspecified atom stereocenters. The first-order valence-electron chi connectivity index (χ1n) is 6.26. The molecule has 1 aromatic rings. The van der Waals surface area contributed by atoms with Crippen LogP contribution in [0.25, 0.3) is 0 Å². The molecule has 18 heavy (non-hydrogen) atoms. The summed E-state index contributed by atoms with van der Waals surface area (Å²) in [4.78, 5) is 0. The van der Waals surface area contributed by atoms with Gasteiger partial charge < -0.3 is 4.74 Å². The Labute approximate surface area is 121 Å². The Morgan fingerprint density at radius 1 is 1.22 bits per heavy atom. The standard InChI is InChI=1S/C15H23ClOS/c1-10-6-13(16)7-11(2)14(10)17-8-12(9-18)15(3,4)5/h6-7,12,18H,8-9H2,1-5H3. The SMILES string of the molecule is Cc1cc(Cl)cc(C)c1OCC(CS)C(C)(C)C. The van der Waals surface area contributed by atoms with Crippen molar-refractivity contribution in [1.29, 1.82) is 0 Å². The highest BCUT2D eigenvalue weighted by Gasteiger charge is 2.24. The molecule has 0 bridgehead atoms. The van der Waals surface area contributed by atoms with Gasteiger partial charge in [-0.3, -0.25) is 0 Å². The molecule has 0 spiro atoms. The first-order chi connectivity index (χ1) is 8.25. The van der Waals surface area contributed by atoms with Crippen LogP contribution in [0.3, 0.4) is 0 Å². The summed E-state index contributed by atoms with van der Waals surface area (Å²) in [6.07, 6.45) is 0. The molecular weight excluding hydrogens is 264 g/mol. The summed E-state index contributed by atoms with van der Waals surface area (Å²) in [6.45, 7) is 11.4. The second-order valence-electron chi connectivity index (χ2n) is 5.93. The van der Waals surface area contributed by atoms with Gasteiger partial charge in [0.05, 0.1) is 6.61 Å². The van der Waals surface area contributed by atoms with Gasteiger partial charge in [-0.2, -0.15) is 12.6 Å². The van der Waals surface area contributed by atoms with Gasteiger partial charge in [0.25, 0.3) is 0 Å². The van der Waals surface area contributed by atoms with Gasteiger partial charge in [-0.05, 0) is 48.3 Å². The van der Waals surface area contributed by atoms with Gasteiger partial charge in [-0.25, -0.2) is 0 Å². The minimum absolute atomic E-state index is 0.204. The van der Waals surface area contributed by atoms with Gasteiger partial charge in [0.1, 0.15) is 5.75 Å². The largest absolute Gasteiger partial charge is 0.493 e. The lowest BCUT2D eigenvalue weighted by Gasteiger charge is -2.29. The summed E-state index contributed by atoms with van der Waals surface area (Å²) in [6, 6.07) is 3.88. The zero-order valence-corrected chi connectivity index (χ0v) is 13.5. The van der Waals surface area contributed by atoms with Crippen LogP contribution < -0.4 is 4.74 Å². The van der Waals surface area contributed by atoms with Gasteiger partial charge in [-0.1, -0.05) is 32.4 Å². The van der Waals surface area contributed by atoms with E-state index in [4.69, 9.17) is 16.3 Å². The third-order valence-corrected chi connectivity index (χ3v) is 3.96. The minimum Gasteiger partial charge on any atom is -0.493 e. The molecule has 0 N–H and O–H groups in total. The summed E-state index contributed by atoms with van der Waals surface area (Å²) in [5.41, 5.74) is 2.38. The van der Waals surface area contributed by atoms with Crippen LogP contribution in [0.5, 0.6) is 5.75 Å². The number of hydrogen-bond acceptors (Lipinski definition) is 2. The summed E-state index contributed by atoms with van der Waals surface area (Å²) in [5, 5.41) is 0.763. The highest BCUT2D eigenvalue weighted by atomic mass is 35.5. The minimum atomic E-state index is 0.204. The van der Waals surface area contributed by atoms with Gasteiger partial charge in [-0.15, -0.1) is 0 Å². The van der Waals surface area contributed by atoms with Crippen LogP contribution in [0.2, 0.25) is 5.02 Å². The summed E-state index contributed by atoms with van der Waals surface area (Å²) < 4.78 is 5.99. The van der Waals surface area contributed by atoms with Crippen molar-refractivity contribution in [3.8, 4) is 5.75 Å². The van der Waals surface area contributed by atoms with Crippen molar-refractivity contribution in [1.82, 2.24) is 0 Å².